The van der Waals surface area contributed by atoms with Gasteiger partial charge in [0.1, 0.15) is 5.69 Å². The topological polar surface area (TPSA) is 43.6 Å². The Labute approximate surface area is 99.3 Å². The van der Waals surface area contributed by atoms with Crippen LogP contribution in [0.2, 0.25) is 5.28 Å². The molecule has 84 valence electrons. The maximum absolute atomic E-state index is 5.84. The molecule has 0 spiro atoms. The van der Waals surface area contributed by atoms with Crippen molar-refractivity contribution in [3.05, 3.63) is 29.4 Å². The zero-order chi connectivity index (χ0) is 11.5. The Morgan fingerprint density at radius 3 is 2.88 bits per heavy atom. The van der Waals surface area contributed by atoms with Crippen LogP contribution >= 0.6 is 11.6 Å². The van der Waals surface area contributed by atoms with Crippen molar-refractivity contribution in [2.24, 2.45) is 0 Å². The average Bonchev–Trinajstić information content (AvgIpc) is 2.65. The zero-order valence-electron chi connectivity index (χ0n) is 9.31. The van der Waals surface area contributed by atoms with Gasteiger partial charge in [-0.25, -0.2) is 15.0 Å². The van der Waals surface area contributed by atoms with E-state index in [1.165, 1.54) is 0 Å². The van der Waals surface area contributed by atoms with Gasteiger partial charge in [-0.05, 0) is 31.0 Å². The fourth-order valence-electron chi connectivity index (χ4n) is 1.61. The number of hydrogen-bond acceptors (Lipinski definition) is 3. The molecule has 0 N–H and O–H groups in total. The Bertz CT molecular complexity index is 472. The van der Waals surface area contributed by atoms with Gasteiger partial charge in [0.25, 0.3) is 0 Å². The van der Waals surface area contributed by atoms with Crippen LogP contribution in [0.25, 0.3) is 11.5 Å². The summed E-state index contributed by atoms with van der Waals surface area (Å²) in [5.41, 5.74) is 1.62. The lowest BCUT2D eigenvalue weighted by molar-refractivity contribution is 0.683. The Balaban J connectivity index is 2.45. The first-order chi connectivity index (χ1) is 7.70. The van der Waals surface area contributed by atoms with E-state index in [9.17, 15) is 0 Å². The van der Waals surface area contributed by atoms with Crippen molar-refractivity contribution in [3.63, 3.8) is 0 Å². The van der Waals surface area contributed by atoms with E-state index in [1.807, 2.05) is 19.2 Å². The van der Waals surface area contributed by atoms with Crippen LogP contribution in [0.4, 0.5) is 0 Å². The van der Waals surface area contributed by atoms with Gasteiger partial charge >= 0.3 is 0 Å². The second-order valence-electron chi connectivity index (χ2n) is 3.61. The third kappa shape index (κ3) is 2.22. The second kappa shape index (κ2) is 4.61. The Morgan fingerprint density at radius 1 is 1.38 bits per heavy atom. The molecule has 0 fully saturated rings. The number of rotatable bonds is 3. The normalized spacial score (nSPS) is 10.7. The highest BCUT2D eigenvalue weighted by Crippen LogP contribution is 2.17. The molecular weight excluding hydrogens is 224 g/mol. The van der Waals surface area contributed by atoms with Gasteiger partial charge in [-0.15, -0.1) is 0 Å². The molecule has 0 saturated heterocycles. The fourth-order valence-corrected chi connectivity index (χ4v) is 1.84. The van der Waals surface area contributed by atoms with Gasteiger partial charge in [-0.3, -0.25) is 0 Å². The second-order valence-corrected chi connectivity index (χ2v) is 3.95. The third-order valence-corrected chi connectivity index (χ3v) is 2.41. The molecule has 0 unspecified atom stereocenters. The first-order valence-corrected chi connectivity index (χ1v) is 5.61. The van der Waals surface area contributed by atoms with Gasteiger partial charge in [0.05, 0.1) is 0 Å². The van der Waals surface area contributed by atoms with Crippen molar-refractivity contribution in [2.45, 2.75) is 26.8 Å². The summed E-state index contributed by atoms with van der Waals surface area (Å²) < 4.78 is 2.07. The molecule has 0 amide bonds. The Morgan fingerprint density at radius 2 is 2.19 bits per heavy atom. The van der Waals surface area contributed by atoms with Gasteiger partial charge in [-0.1, -0.05) is 6.92 Å². The molecule has 0 aliphatic heterocycles. The van der Waals surface area contributed by atoms with E-state index in [0.717, 1.165) is 30.2 Å². The van der Waals surface area contributed by atoms with Crippen LogP contribution in [0.3, 0.4) is 0 Å². The van der Waals surface area contributed by atoms with Gasteiger partial charge in [0, 0.05) is 24.6 Å². The largest absolute Gasteiger partial charge is 0.330 e. The molecule has 5 heteroatoms. The maximum atomic E-state index is 5.84. The van der Waals surface area contributed by atoms with Crippen LogP contribution in [0, 0.1) is 6.92 Å². The molecule has 16 heavy (non-hydrogen) atoms. The lowest BCUT2D eigenvalue weighted by Gasteiger charge is -2.06. The van der Waals surface area contributed by atoms with Crippen molar-refractivity contribution in [2.75, 3.05) is 0 Å². The summed E-state index contributed by atoms with van der Waals surface area (Å²) >= 11 is 5.84. The molecule has 0 aromatic carbocycles. The molecule has 2 aromatic rings. The SMILES string of the molecule is CCCn1ccnc1-c1cc(C)nc(Cl)n1. The van der Waals surface area contributed by atoms with Crippen molar-refractivity contribution in [3.8, 4) is 11.5 Å². The van der Waals surface area contributed by atoms with Gasteiger partial charge in [-0.2, -0.15) is 0 Å². The molecule has 0 bridgehead atoms. The minimum atomic E-state index is 0.265. The summed E-state index contributed by atoms with van der Waals surface area (Å²) in [5, 5.41) is 0.265. The van der Waals surface area contributed by atoms with Gasteiger partial charge in [0.2, 0.25) is 5.28 Å². The molecule has 2 heterocycles. The van der Waals surface area contributed by atoms with Crippen molar-refractivity contribution >= 4 is 11.6 Å². The summed E-state index contributed by atoms with van der Waals surface area (Å²) in [6.45, 7) is 4.95. The lowest BCUT2D eigenvalue weighted by Crippen LogP contribution is -2.01. The standard InChI is InChI=1S/C11H13ClN4/c1-3-5-16-6-4-13-10(16)9-7-8(2)14-11(12)15-9/h4,6-7H,3,5H2,1-2H3. The van der Waals surface area contributed by atoms with Crippen LogP contribution in [-0.2, 0) is 6.54 Å². The van der Waals surface area contributed by atoms with Crippen molar-refractivity contribution < 1.29 is 0 Å². The molecule has 2 aromatic heterocycles. The summed E-state index contributed by atoms with van der Waals surface area (Å²) in [5.74, 6) is 0.842. The minimum absolute atomic E-state index is 0.265. The number of aryl methyl sites for hydroxylation is 2. The van der Waals surface area contributed by atoms with Crippen LogP contribution in [0.1, 0.15) is 19.0 Å². The van der Waals surface area contributed by atoms with E-state index < -0.39 is 0 Å². The molecule has 4 nitrogen and oxygen atoms in total. The van der Waals surface area contributed by atoms with Crippen LogP contribution in [0.15, 0.2) is 18.5 Å². The van der Waals surface area contributed by atoms with Gasteiger partial charge < -0.3 is 4.57 Å². The molecule has 2 rings (SSSR count). The summed E-state index contributed by atoms with van der Waals surface area (Å²) in [4.78, 5) is 12.5. The van der Waals surface area contributed by atoms with E-state index in [1.54, 1.807) is 6.20 Å². The molecule has 0 aliphatic carbocycles. The van der Waals surface area contributed by atoms with E-state index >= 15 is 0 Å². The third-order valence-electron chi connectivity index (χ3n) is 2.24. The number of imidazole rings is 1. The van der Waals surface area contributed by atoms with Gasteiger partial charge in [0.15, 0.2) is 5.82 Å². The van der Waals surface area contributed by atoms with Crippen LogP contribution in [-0.4, -0.2) is 19.5 Å². The Kier molecular flexibility index (Phi) is 3.19. The summed E-state index contributed by atoms with van der Waals surface area (Å²) in [7, 11) is 0. The van der Waals surface area contributed by atoms with E-state index in [-0.39, 0.29) is 5.28 Å². The highest BCUT2D eigenvalue weighted by Gasteiger charge is 2.08. The summed E-state index contributed by atoms with van der Waals surface area (Å²) in [6, 6.07) is 1.89. The van der Waals surface area contributed by atoms with Crippen LogP contribution in [0.5, 0.6) is 0 Å². The predicted octanol–water partition coefficient (Wildman–Crippen LogP) is 2.71. The zero-order valence-corrected chi connectivity index (χ0v) is 10.1. The number of halogens is 1. The quantitative estimate of drug-likeness (QED) is 0.770. The van der Waals surface area contributed by atoms with Crippen molar-refractivity contribution in [1.29, 1.82) is 0 Å². The maximum Gasteiger partial charge on any atom is 0.223 e. The highest BCUT2D eigenvalue weighted by molar-refractivity contribution is 6.28. The minimum Gasteiger partial charge on any atom is -0.330 e. The molecular formula is C11H13ClN4. The molecule has 0 aliphatic rings. The first-order valence-electron chi connectivity index (χ1n) is 5.23. The lowest BCUT2D eigenvalue weighted by atomic mass is 10.3. The Hall–Kier alpha value is -1.42. The van der Waals surface area contributed by atoms with E-state index in [4.69, 9.17) is 11.6 Å². The number of hydrogen-bond donors (Lipinski definition) is 0. The average molecular weight is 237 g/mol. The fraction of sp³-hybridized carbons (Fsp3) is 0.364. The molecule has 0 atom stereocenters. The molecule has 0 radical (unpaired) electrons. The van der Waals surface area contributed by atoms with E-state index in [2.05, 4.69) is 26.4 Å². The monoisotopic (exact) mass is 236 g/mol. The highest BCUT2D eigenvalue weighted by atomic mass is 35.5. The number of nitrogens with zero attached hydrogens (tertiary/aromatic N) is 4. The summed E-state index contributed by atoms with van der Waals surface area (Å²) in [6.07, 6.45) is 4.78. The predicted molar refractivity (Wildman–Crippen MR) is 63.3 cm³/mol. The number of aromatic nitrogens is 4. The van der Waals surface area contributed by atoms with Crippen LogP contribution < -0.4 is 0 Å². The first kappa shape index (κ1) is 11.1. The van der Waals surface area contributed by atoms with Crippen molar-refractivity contribution in [1.82, 2.24) is 19.5 Å². The smallest absolute Gasteiger partial charge is 0.223 e. The molecule has 0 saturated carbocycles. The van der Waals surface area contributed by atoms with E-state index in [0.29, 0.717) is 0 Å².